The van der Waals surface area contributed by atoms with E-state index in [1.807, 2.05) is 36.1 Å². The van der Waals surface area contributed by atoms with E-state index < -0.39 is 0 Å². The van der Waals surface area contributed by atoms with Crippen LogP contribution in [0.25, 0.3) is 11.4 Å². The van der Waals surface area contributed by atoms with Crippen LogP contribution < -0.4 is 10.6 Å². The lowest BCUT2D eigenvalue weighted by molar-refractivity contribution is 0.925. The maximum atomic E-state index is 4.40. The second kappa shape index (κ2) is 5.14. The Morgan fingerprint density at radius 1 is 1.37 bits per heavy atom. The molecule has 3 rings (SSSR count). The summed E-state index contributed by atoms with van der Waals surface area (Å²) in [6, 6.07) is 8.20. The van der Waals surface area contributed by atoms with Crippen LogP contribution in [0.15, 0.2) is 41.7 Å². The molecule has 2 aromatic rings. The van der Waals surface area contributed by atoms with Crippen molar-refractivity contribution in [1.82, 2.24) is 14.9 Å². The van der Waals surface area contributed by atoms with Crippen LogP contribution in [0.5, 0.6) is 0 Å². The molecule has 0 atom stereocenters. The fourth-order valence-electron chi connectivity index (χ4n) is 2.20. The van der Waals surface area contributed by atoms with Gasteiger partial charge in [0.25, 0.3) is 0 Å². The molecule has 0 amide bonds. The predicted octanol–water partition coefficient (Wildman–Crippen LogP) is 1.50. The van der Waals surface area contributed by atoms with Crippen molar-refractivity contribution < 1.29 is 0 Å². The van der Waals surface area contributed by atoms with E-state index in [1.165, 1.54) is 0 Å². The van der Waals surface area contributed by atoms with Gasteiger partial charge in [0.1, 0.15) is 11.7 Å². The summed E-state index contributed by atoms with van der Waals surface area (Å²) in [6.45, 7) is 2.54. The van der Waals surface area contributed by atoms with Crippen LogP contribution in [0.2, 0.25) is 0 Å². The van der Waals surface area contributed by atoms with E-state index in [-0.39, 0.29) is 0 Å². The topological polar surface area (TPSA) is 54.2 Å². The van der Waals surface area contributed by atoms with Crippen molar-refractivity contribution in [2.75, 3.05) is 25.0 Å². The number of aryl methyl sites for hydroxylation is 1. The molecule has 2 heterocycles. The summed E-state index contributed by atoms with van der Waals surface area (Å²) in [7, 11) is 2.00. The zero-order chi connectivity index (χ0) is 13.1. The van der Waals surface area contributed by atoms with Gasteiger partial charge in [-0.25, -0.2) is 4.98 Å². The zero-order valence-corrected chi connectivity index (χ0v) is 10.9. The standard InChI is InChI=1S/C14H17N5/c1-19-9-8-17-14(19)11-4-2-3-5-12(11)18-10-13-15-6-7-16-13/h2-5,8-9,18H,6-7,10H2,1H3,(H,15,16). The molecule has 1 aromatic carbocycles. The lowest BCUT2D eigenvalue weighted by Crippen LogP contribution is -2.26. The lowest BCUT2D eigenvalue weighted by atomic mass is 10.1. The quantitative estimate of drug-likeness (QED) is 0.870. The number of nitrogens with one attached hydrogen (secondary N) is 2. The molecule has 0 bridgehead atoms. The van der Waals surface area contributed by atoms with Gasteiger partial charge in [0, 0.05) is 37.2 Å². The number of hydrogen-bond donors (Lipinski definition) is 2. The van der Waals surface area contributed by atoms with Crippen molar-refractivity contribution in [1.29, 1.82) is 0 Å². The first-order valence-corrected chi connectivity index (χ1v) is 6.42. The first-order chi connectivity index (χ1) is 9.34. The maximum absolute atomic E-state index is 4.40. The summed E-state index contributed by atoms with van der Waals surface area (Å²) in [5, 5.41) is 6.68. The van der Waals surface area contributed by atoms with E-state index in [4.69, 9.17) is 0 Å². The van der Waals surface area contributed by atoms with Crippen LogP contribution in [-0.4, -0.2) is 35.0 Å². The SMILES string of the molecule is Cn1ccnc1-c1ccccc1NCC1=NCCN1. The minimum atomic E-state index is 0.724. The third-order valence-electron chi connectivity index (χ3n) is 3.18. The summed E-state index contributed by atoms with van der Waals surface area (Å²) >= 11 is 0. The van der Waals surface area contributed by atoms with Crippen molar-refractivity contribution >= 4 is 11.5 Å². The number of rotatable bonds is 4. The zero-order valence-electron chi connectivity index (χ0n) is 10.9. The summed E-state index contributed by atoms with van der Waals surface area (Å²) < 4.78 is 2.02. The number of benzene rings is 1. The Morgan fingerprint density at radius 3 is 3.00 bits per heavy atom. The highest BCUT2D eigenvalue weighted by Gasteiger charge is 2.10. The van der Waals surface area contributed by atoms with Crippen LogP contribution >= 0.6 is 0 Å². The second-order valence-corrected chi connectivity index (χ2v) is 4.52. The number of hydrogen-bond acceptors (Lipinski definition) is 4. The number of para-hydroxylation sites is 1. The van der Waals surface area contributed by atoms with Gasteiger partial charge < -0.3 is 15.2 Å². The van der Waals surface area contributed by atoms with E-state index in [2.05, 4.69) is 32.7 Å². The van der Waals surface area contributed by atoms with E-state index >= 15 is 0 Å². The van der Waals surface area contributed by atoms with E-state index in [1.54, 1.807) is 0 Å². The largest absolute Gasteiger partial charge is 0.377 e. The third-order valence-corrected chi connectivity index (χ3v) is 3.18. The molecule has 0 saturated carbocycles. The minimum absolute atomic E-state index is 0.724. The first kappa shape index (κ1) is 11.8. The van der Waals surface area contributed by atoms with Crippen molar-refractivity contribution in [3.05, 3.63) is 36.7 Å². The van der Waals surface area contributed by atoms with Gasteiger partial charge >= 0.3 is 0 Å². The molecular weight excluding hydrogens is 238 g/mol. The Bertz CT molecular complexity index is 599. The summed E-state index contributed by atoms with van der Waals surface area (Å²) in [6.07, 6.45) is 3.77. The Balaban J connectivity index is 1.83. The number of amidine groups is 1. The lowest BCUT2D eigenvalue weighted by Gasteiger charge is -2.12. The number of nitrogens with zero attached hydrogens (tertiary/aromatic N) is 3. The third kappa shape index (κ3) is 2.45. The minimum Gasteiger partial charge on any atom is -0.377 e. The maximum Gasteiger partial charge on any atom is 0.141 e. The molecule has 0 saturated heterocycles. The fourth-order valence-corrected chi connectivity index (χ4v) is 2.20. The van der Waals surface area contributed by atoms with Crippen molar-refractivity contribution in [2.24, 2.45) is 12.0 Å². The van der Waals surface area contributed by atoms with Crippen LogP contribution in [0.3, 0.4) is 0 Å². The van der Waals surface area contributed by atoms with Crippen LogP contribution in [0, 0.1) is 0 Å². The number of imidazole rings is 1. The van der Waals surface area contributed by atoms with Crippen LogP contribution in [0.1, 0.15) is 0 Å². The van der Waals surface area contributed by atoms with Gasteiger partial charge in [-0.1, -0.05) is 12.1 Å². The highest BCUT2D eigenvalue weighted by molar-refractivity contribution is 5.88. The Hall–Kier alpha value is -2.30. The van der Waals surface area contributed by atoms with Gasteiger partial charge in [-0.3, -0.25) is 4.99 Å². The summed E-state index contributed by atoms with van der Waals surface area (Å²) in [4.78, 5) is 8.79. The summed E-state index contributed by atoms with van der Waals surface area (Å²) in [5.41, 5.74) is 2.18. The molecule has 1 aliphatic heterocycles. The van der Waals surface area contributed by atoms with Gasteiger partial charge in [0.2, 0.25) is 0 Å². The molecule has 5 nitrogen and oxygen atoms in total. The fraction of sp³-hybridized carbons (Fsp3) is 0.286. The molecule has 1 aliphatic rings. The molecule has 1 aromatic heterocycles. The second-order valence-electron chi connectivity index (χ2n) is 4.52. The first-order valence-electron chi connectivity index (χ1n) is 6.42. The van der Waals surface area contributed by atoms with Gasteiger partial charge in [0.15, 0.2) is 0 Å². The van der Waals surface area contributed by atoms with Crippen LogP contribution in [-0.2, 0) is 7.05 Å². The summed E-state index contributed by atoms with van der Waals surface area (Å²) in [5.74, 6) is 1.99. The van der Waals surface area contributed by atoms with Gasteiger partial charge in [-0.2, -0.15) is 0 Å². The van der Waals surface area contributed by atoms with Gasteiger partial charge in [-0.15, -0.1) is 0 Å². The van der Waals surface area contributed by atoms with Gasteiger partial charge in [-0.05, 0) is 12.1 Å². The monoisotopic (exact) mass is 255 g/mol. The average Bonchev–Trinajstić information content (AvgIpc) is 3.08. The Morgan fingerprint density at radius 2 is 2.26 bits per heavy atom. The molecular formula is C14H17N5. The van der Waals surface area contributed by atoms with Crippen molar-refractivity contribution in [3.63, 3.8) is 0 Å². The van der Waals surface area contributed by atoms with E-state index in [9.17, 15) is 0 Å². The van der Waals surface area contributed by atoms with Crippen LogP contribution in [0.4, 0.5) is 5.69 Å². The average molecular weight is 255 g/mol. The molecule has 98 valence electrons. The number of aromatic nitrogens is 2. The normalized spacial score (nSPS) is 14.1. The van der Waals surface area contributed by atoms with Crippen molar-refractivity contribution in [3.8, 4) is 11.4 Å². The molecule has 5 heteroatoms. The molecule has 0 spiro atoms. The predicted molar refractivity (Wildman–Crippen MR) is 77.4 cm³/mol. The molecule has 0 radical (unpaired) electrons. The molecule has 2 N–H and O–H groups in total. The van der Waals surface area contributed by atoms with Gasteiger partial charge in [0.05, 0.1) is 13.1 Å². The number of anilines is 1. The highest BCUT2D eigenvalue weighted by atomic mass is 15.1. The molecule has 19 heavy (non-hydrogen) atoms. The Kier molecular flexibility index (Phi) is 3.18. The highest BCUT2D eigenvalue weighted by Crippen LogP contribution is 2.25. The molecule has 0 unspecified atom stereocenters. The smallest absolute Gasteiger partial charge is 0.141 e. The molecule has 0 fully saturated rings. The molecule has 0 aliphatic carbocycles. The van der Waals surface area contributed by atoms with E-state index in [0.29, 0.717) is 0 Å². The van der Waals surface area contributed by atoms with Crippen molar-refractivity contribution in [2.45, 2.75) is 0 Å². The Labute approximate surface area is 112 Å². The van der Waals surface area contributed by atoms with E-state index in [0.717, 1.165) is 42.5 Å². The number of aliphatic imine (C=N–C) groups is 1.